The van der Waals surface area contributed by atoms with Crippen molar-refractivity contribution in [3.63, 3.8) is 0 Å². The fraction of sp³-hybridized carbons (Fsp3) is 0.600. The first-order valence-electron chi connectivity index (χ1n) is 7.02. The molecule has 1 aliphatic carbocycles. The van der Waals surface area contributed by atoms with Crippen LogP contribution in [0.25, 0.3) is 0 Å². The first-order valence-corrected chi connectivity index (χ1v) is 7.40. The molecule has 1 aliphatic heterocycles. The van der Waals surface area contributed by atoms with Gasteiger partial charge in [-0.05, 0) is 36.6 Å². The van der Waals surface area contributed by atoms with Crippen LogP contribution in [0.1, 0.15) is 31.2 Å². The topological polar surface area (TPSA) is 41.5 Å². The van der Waals surface area contributed by atoms with Gasteiger partial charge >= 0.3 is 0 Å². The Kier molecular flexibility index (Phi) is 3.70. The molecule has 1 heterocycles. The van der Waals surface area contributed by atoms with E-state index in [2.05, 4.69) is 5.32 Å². The van der Waals surface area contributed by atoms with Gasteiger partial charge in [-0.25, -0.2) is 0 Å². The number of ether oxygens (including phenoxy) is 1. The summed E-state index contributed by atoms with van der Waals surface area (Å²) in [4.78, 5) is 0. The lowest BCUT2D eigenvalue weighted by Crippen LogP contribution is -2.49. The molecule has 0 spiro atoms. The second-order valence-corrected chi connectivity index (χ2v) is 6.16. The summed E-state index contributed by atoms with van der Waals surface area (Å²) in [5.74, 6) is 0.945. The van der Waals surface area contributed by atoms with Gasteiger partial charge in [-0.15, -0.1) is 0 Å². The minimum atomic E-state index is -0.0736. The van der Waals surface area contributed by atoms with Crippen LogP contribution in [0, 0.1) is 0 Å². The van der Waals surface area contributed by atoms with Gasteiger partial charge in [-0.2, -0.15) is 0 Å². The lowest BCUT2D eigenvalue weighted by Gasteiger charge is -2.29. The van der Waals surface area contributed by atoms with Crippen LogP contribution in [-0.4, -0.2) is 29.9 Å². The van der Waals surface area contributed by atoms with E-state index in [4.69, 9.17) is 16.3 Å². The maximum Gasteiger partial charge on any atom is 0.123 e. The van der Waals surface area contributed by atoms with Gasteiger partial charge in [0.2, 0.25) is 0 Å². The van der Waals surface area contributed by atoms with E-state index in [1.807, 2.05) is 18.2 Å². The van der Waals surface area contributed by atoms with E-state index in [0.717, 1.165) is 36.6 Å². The number of benzene rings is 1. The zero-order valence-corrected chi connectivity index (χ0v) is 11.7. The highest BCUT2D eigenvalue weighted by molar-refractivity contribution is 6.30. The predicted molar refractivity (Wildman–Crippen MR) is 75.9 cm³/mol. The summed E-state index contributed by atoms with van der Waals surface area (Å²) < 4.78 is 5.91. The van der Waals surface area contributed by atoms with Gasteiger partial charge < -0.3 is 15.2 Å². The highest BCUT2D eigenvalue weighted by Gasteiger charge is 2.34. The maximum atomic E-state index is 9.58. The van der Waals surface area contributed by atoms with Crippen molar-refractivity contribution in [3.8, 4) is 5.75 Å². The molecule has 1 aromatic carbocycles. The molecular formula is C15H20ClNO2. The smallest absolute Gasteiger partial charge is 0.123 e. The van der Waals surface area contributed by atoms with Crippen LogP contribution >= 0.6 is 11.6 Å². The van der Waals surface area contributed by atoms with Crippen molar-refractivity contribution >= 4 is 11.6 Å². The first-order chi connectivity index (χ1) is 9.21. The Labute approximate surface area is 118 Å². The molecule has 3 rings (SSSR count). The number of aliphatic hydroxyl groups is 1. The van der Waals surface area contributed by atoms with E-state index in [0.29, 0.717) is 0 Å². The first kappa shape index (κ1) is 13.2. The summed E-state index contributed by atoms with van der Waals surface area (Å²) in [6, 6.07) is 5.78. The maximum absolute atomic E-state index is 9.58. The Balaban J connectivity index is 1.58. The summed E-state index contributed by atoms with van der Waals surface area (Å²) in [5, 5.41) is 13.9. The van der Waals surface area contributed by atoms with E-state index in [-0.39, 0.29) is 18.2 Å². The molecule has 1 aromatic rings. The molecule has 1 atom stereocenters. The number of fused-ring (bicyclic) bond motifs is 1. The minimum Gasteiger partial charge on any atom is -0.488 e. The van der Waals surface area contributed by atoms with Crippen molar-refractivity contribution in [2.24, 2.45) is 0 Å². The molecule has 0 bridgehead atoms. The molecule has 0 aromatic heterocycles. The SMILES string of the molecule is OCC1(NCC2Cc3cc(Cl)ccc3O2)CCCC1. The molecule has 2 N–H and O–H groups in total. The lowest BCUT2D eigenvalue weighted by molar-refractivity contribution is 0.141. The molecule has 19 heavy (non-hydrogen) atoms. The Bertz CT molecular complexity index is 457. The lowest BCUT2D eigenvalue weighted by atomic mass is 9.98. The molecule has 0 saturated heterocycles. The van der Waals surface area contributed by atoms with Crippen LogP contribution in [0.5, 0.6) is 5.75 Å². The monoisotopic (exact) mass is 281 g/mol. The number of hydrogen-bond acceptors (Lipinski definition) is 3. The Morgan fingerprint density at radius 1 is 1.37 bits per heavy atom. The Morgan fingerprint density at radius 2 is 2.16 bits per heavy atom. The summed E-state index contributed by atoms with van der Waals surface area (Å²) in [5.41, 5.74) is 1.11. The summed E-state index contributed by atoms with van der Waals surface area (Å²) in [6.45, 7) is 1.01. The zero-order chi connectivity index (χ0) is 13.3. The molecule has 2 aliphatic rings. The number of nitrogens with one attached hydrogen (secondary N) is 1. The summed E-state index contributed by atoms with van der Waals surface area (Å²) in [6.07, 6.45) is 5.58. The molecule has 0 amide bonds. The fourth-order valence-electron chi connectivity index (χ4n) is 3.18. The third-order valence-electron chi connectivity index (χ3n) is 4.33. The third-order valence-corrected chi connectivity index (χ3v) is 4.57. The molecule has 0 radical (unpaired) electrons. The molecule has 3 nitrogen and oxygen atoms in total. The minimum absolute atomic E-state index is 0.0736. The average molecular weight is 282 g/mol. The van der Waals surface area contributed by atoms with Gasteiger partial charge in [-0.1, -0.05) is 24.4 Å². The molecule has 1 saturated carbocycles. The van der Waals surface area contributed by atoms with E-state index in [9.17, 15) is 5.11 Å². The van der Waals surface area contributed by atoms with Crippen molar-refractivity contribution in [2.75, 3.05) is 13.2 Å². The van der Waals surface area contributed by atoms with Gasteiger partial charge in [0.25, 0.3) is 0 Å². The van der Waals surface area contributed by atoms with Crippen LogP contribution in [-0.2, 0) is 6.42 Å². The normalized spacial score (nSPS) is 24.2. The molecule has 1 fully saturated rings. The van der Waals surface area contributed by atoms with Gasteiger partial charge in [0.1, 0.15) is 11.9 Å². The van der Waals surface area contributed by atoms with E-state index in [1.54, 1.807) is 0 Å². The van der Waals surface area contributed by atoms with E-state index >= 15 is 0 Å². The number of halogens is 1. The second kappa shape index (κ2) is 5.31. The standard InChI is InChI=1S/C15H20ClNO2/c16-12-3-4-14-11(7-12)8-13(19-14)9-17-15(10-18)5-1-2-6-15/h3-4,7,13,17-18H,1-2,5-6,8-10H2. The number of rotatable bonds is 4. The van der Waals surface area contributed by atoms with Gasteiger partial charge in [0, 0.05) is 23.5 Å². The summed E-state index contributed by atoms with van der Waals surface area (Å²) in [7, 11) is 0. The van der Waals surface area contributed by atoms with Crippen LogP contribution in [0.2, 0.25) is 5.02 Å². The quantitative estimate of drug-likeness (QED) is 0.891. The van der Waals surface area contributed by atoms with Gasteiger partial charge in [0.05, 0.1) is 6.61 Å². The third kappa shape index (κ3) is 2.73. The van der Waals surface area contributed by atoms with Crippen molar-refractivity contribution < 1.29 is 9.84 Å². The predicted octanol–water partition coefficient (Wildman–Crippen LogP) is 2.54. The average Bonchev–Trinajstić information content (AvgIpc) is 3.02. The van der Waals surface area contributed by atoms with Crippen molar-refractivity contribution in [2.45, 2.75) is 43.7 Å². The van der Waals surface area contributed by atoms with Crippen LogP contribution < -0.4 is 10.1 Å². The Hall–Kier alpha value is -0.770. The molecule has 1 unspecified atom stereocenters. The van der Waals surface area contributed by atoms with E-state index in [1.165, 1.54) is 18.4 Å². The highest BCUT2D eigenvalue weighted by atomic mass is 35.5. The number of aliphatic hydroxyl groups excluding tert-OH is 1. The molecule has 4 heteroatoms. The van der Waals surface area contributed by atoms with Crippen molar-refractivity contribution in [1.82, 2.24) is 5.32 Å². The molecular weight excluding hydrogens is 262 g/mol. The molecule has 104 valence electrons. The largest absolute Gasteiger partial charge is 0.488 e. The number of hydrogen-bond donors (Lipinski definition) is 2. The van der Waals surface area contributed by atoms with Crippen LogP contribution in [0.4, 0.5) is 0 Å². The van der Waals surface area contributed by atoms with Crippen molar-refractivity contribution in [3.05, 3.63) is 28.8 Å². The summed E-state index contributed by atoms with van der Waals surface area (Å²) >= 11 is 5.99. The van der Waals surface area contributed by atoms with Crippen LogP contribution in [0.3, 0.4) is 0 Å². The van der Waals surface area contributed by atoms with Crippen LogP contribution in [0.15, 0.2) is 18.2 Å². The highest BCUT2D eigenvalue weighted by Crippen LogP contribution is 2.32. The van der Waals surface area contributed by atoms with Gasteiger partial charge in [-0.3, -0.25) is 0 Å². The fourth-order valence-corrected chi connectivity index (χ4v) is 3.37. The second-order valence-electron chi connectivity index (χ2n) is 5.72. The Morgan fingerprint density at radius 3 is 2.89 bits per heavy atom. The van der Waals surface area contributed by atoms with Gasteiger partial charge in [0.15, 0.2) is 0 Å². The van der Waals surface area contributed by atoms with E-state index < -0.39 is 0 Å². The van der Waals surface area contributed by atoms with Crippen molar-refractivity contribution in [1.29, 1.82) is 0 Å². The zero-order valence-electron chi connectivity index (χ0n) is 11.0.